The van der Waals surface area contributed by atoms with Gasteiger partial charge in [-0.05, 0) is 39.9 Å². The average molecular weight is 457 g/mol. The molecule has 0 atom stereocenters. The van der Waals surface area contributed by atoms with Gasteiger partial charge in [0, 0.05) is 27.8 Å². The molecule has 0 fully saturated rings. The zero-order valence-corrected chi connectivity index (χ0v) is 22.7. The summed E-state index contributed by atoms with van der Waals surface area (Å²) in [7, 11) is 0. The van der Waals surface area contributed by atoms with Gasteiger partial charge in [0.1, 0.15) is 29.6 Å². The quantitative estimate of drug-likeness (QED) is 0.417. The van der Waals surface area contributed by atoms with Gasteiger partial charge >= 0.3 is 0 Å². The van der Waals surface area contributed by atoms with Crippen LogP contribution in [0.2, 0.25) is 0 Å². The summed E-state index contributed by atoms with van der Waals surface area (Å²) < 4.78 is 6.36. The monoisotopic (exact) mass is 456 g/mol. The number of aromatic hydroxyl groups is 3. The Bertz CT molecular complexity index is 1020. The minimum absolute atomic E-state index is 0.105. The third kappa shape index (κ3) is 5.77. The number of phenols is 3. The zero-order chi connectivity index (χ0) is 25.7. The van der Waals surface area contributed by atoms with Crippen LogP contribution in [-0.2, 0) is 28.3 Å². The van der Waals surface area contributed by atoms with E-state index in [1.54, 1.807) is 12.1 Å². The molecule has 2 aromatic carbocycles. The van der Waals surface area contributed by atoms with Crippen LogP contribution < -0.4 is 4.74 Å². The van der Waals surface area contributed by atoms with Crippen LogP contribution in [0.25, 0.3) is 0 Å². The van der Waals surface area contributed by atoms with Crippen molar-refractivity contribution in [1.82, 2.24) is 0 Å². The Morgan fingerprint density at radius 1 is 0.576 bits per heavy atom. The van der Waals surface area contributed by atoms with Crippen molar-refractivity contribution in [2.45, 2.75) is 111 Å². The van der Waals surface area contributed by atoms with E-state index in [4.69, 9.17) is 4.74 Å². The van der Waals surface area contributed by atoms with Crippen LogP contribution in [-0.4, -0.2) is 15.3 Å². The van der Waals surface area contributed by atoms with Crippen LogP contribution in [0, 0.1) is 0 Å². The molecule has 3 N–H and O–H groups in total. The van der Waals surface area contributed by atoms with Crippen LogP contribution in [0.1, 0.15) is 111 Å². The second-order valence-electron chi connectivity index (χ2n) is 13.3. The van der Waals surface area contributed by atoms with E-state index in [2.05, 4.69) is 41.5 Å². The molecule has 0 aliphatic carbocycles. The minimum atomic E-state index is -0.403. The molecule has 0 unspecified atom stereocenters. The molecule has 0 amide bonds. The van der Waals surface area contributed by atoms with E-state index < -0.39 is 5.41 Å². The van der Waals surface area contributed by atoms with E-state index in [0.29, 0.717) is 22.4 Å². The number of rotatable bonds is 3. The lowest BCUT2D eigenvalue weighted by atomic mass is 9.77. The summed E-state index contributed by atoms with van der Waals surface area (Å²) in [6, 6.07) is 5.36. The maximum atomic E-state index is 11.2. The Morgan fingerprint density at radius 2 is 1.03 bits per heavy atom. The molecule has 0 spiro atoms. The van der Waals surface area contributed by atoms with Crippen molar-refractivity contribution in [3.63, 3.8) is 0 Å². The smallest absolute Gasteiger partial charge is 0.124 e. The molecule has 184 valence electrons. The summed E-state index contributed by atoms with van der Waals surface area (Å²) in [6.45, 7) is 24.6. The second-order valence-corrected chi connectivity index (χ2v) is 13.3. The lowest BCUT2D eigenvalue weighted by molar-refractivity contribution is 0.283. The van der Waals surface area contributed by atoms with Gasteiger partial charge in [0.05, 0.1) is 0 Å². The normalized spacial score (nSPS) is 13.3. The van der Waals surface area contributed by atoms with Crippen LogP contribution in [0.15, 0.2) is 18.2 Å². The Balaban J connectivity index is 2.68. The predicted molar refractivity (Wildman–Crippen MR) is 137 cm³/mol. The maximum absolute atomic E-state index is 11.2. The molecule has 4 nitrogen and oxygen atoms in total. The van der Waals surface area contributed by atoms with E-state index in [-0.39, 0.29) is 40.1 Å². The number of hydrogen-bond acceptors (Lipinski definition) is 4. The van der Waals surface area contributed by atoms with Crippen molar-refractivity contribution in [2.75, 3.05) is 0 Å². The third-order valence-corrected chi connectivity index (χ3v) is 6.03. The highest BCUT2D eigenvalue weighted by Crippen LogP contribution is 2.46. The molecule has 0 bridgehead atoms. The maximum Gasteiger partial charge on any atom is 0.124 e. The van der Waals surface area contributed by atoms with Gasteiger partial charge < -0.3 is 20.1 Å². The first-order valence-electron chi connectivity index (χ1n) is 11.7. The minimum Gasteiger partial charge on any atom is -0.508 e. The van der Waals surface area contributed by atoms with Gasteiger partial charge in [-0.1, -0.05) is 83.1 Å². The van der Waals surface area contributed by atoms with Gasteiger partial charge in [-0.2, -0.15) is 0 Å². The molecule has 0 radical (unpaired) electrons. The average Bonchev–Trinajstić information content (AvgIpc) is 2.58. The Morgan fingerprint density at radius 3 is 1.45 bits per heavy atom. The number of hydrogen-bond donors (Lipinski definition) is 3. The van der Waals surface area contributed by atoms with E-state index in [0.717, 1.165) is 11.1 Å². The lowest BCUT2D eigenvalue weighted by Crippen LogP contribution is -2.21. The molecule has 33 heavy (non-hydrogen) atoms. The van der Waals surface area contributed by atoms with Gasteiger partial charge in [-0.3, -0.25) is 0 Å². The topological polar surface area (TPSA) is 69.9 Å². The molecular weight excluding hydrogens is 412 g/mol. The van der Waals surface area contributed by atoms with Crippen molar-refractivity contribution in [3.05, 3.63) is 46.0 Å². The van der Waals surface area contributed by atoms with Gasteiger partial charge in [-0.25, -0.2) is 0 Å². The summed E-state index contributed by atoms with van der Waals surface area (Å²) in [5.74, 6) is 1.26. The van der Waals surface area contributed by atoms with Crippen molar-refractivity contribution < 1.29 is 20.1 Å². The third-order valence-electron chi connectivity index (χ3n) is 6.03. The van der Waals surface area contributed by atoms with Crippen LogP contribution in [0.5, 0.6) is 23.0 Å². The first-order valence-corrected chi connectivity index (χ1v) is 11.7. The number of benzene rings is 2. The fraction of sp³-hybridized carbons (Fsp3) is 0.586. The molecule has 4 heteroatoms. The van der Waals surface area contributed by atoms with E-state index >= 15 is 0 Å². The van der Waals surface area contributed by atoms with Gasteiger partial charge in [0.25, 0.3) is 0 Å². The largest absolute Gasteiger partial charge is 0.508 e. The standard InChI is InChI=1S/C29H44O4/c1-26(2,3)18-15-23(19(13-22(18)31)27(4,5)6)33-16-17-21(30)14-20(28(7,8)9)25(32)24(17)29(10,11)12/h13-15,30-32H,16H2,1-12H3. The second kappa shape index (κ2) is 8.45. The fourth-order valence-corrected chi connectivity index (χ4v) is 4.25. The number of phenolic OH excluding ortho intramolecular Hbond substituents is 3. The van der Waals surface area contributed by atoms with E-state index in [1.807, 2.05) is 47.6 Å². The van der Waals surface area contributed by atoms with Gasteiger partial charge in [0.2, 0.25) is 0 Å². The highest BCUT2D eigenvalue weighted by Gasteiger charge is 2.32. The van der Waals surface area contributed by atoms with Crippen molar-refractivity contribution in [2.24, 2.45) is 0 Å². The SMILES string of the molecule is CC(C)(C)c1cc(OCc2c(O)cc(C(C)(C)C)c(O)c2C(C)(C)C)c(C(C)(C)C)cc1O. The molecule has 0 aromatic heterocycles. The molecule has 0 aliphatic rings. The molecule has 2 aromatic rings. The lowest BCUT2D eigenvalue weighted by Gasteiger charge is -2.31. The summed E-state index contributed by atoms with van der Waals surface area (Å²) in [5.41, 5.74) is 2.44. The first kappa shape index (κ1) is 26.9. The molecule has 0 saturated carbocycles. The van der Waals surface area contributed by atoms with E-state index in [9.17, 15) is 15.3 Å². The zero-order valence-electron chi connectivity index (χ0n) is 22.7. The van der Waals surface area contributed by atoms with Crippen molar-refractivity contribution in [1.29, 1.82) is 0 Å². The predicted octanol–water partition coefficient (Wildman–Crippen LogP) is 7.57. The Hall–Kier alpha value is -2.36. The number of ether oxygens (including phenoxy) is 1. The van der Waals surface area contributed by atoms with Crippen LogP contribution in [0.4, 0.5) is 0 Å². The van der Waals surface area contributed by atoms with Gasteiger partial charge in [-0.15, -0.1) is 0 Å². The van der Waals surface area contributed by atoms with Crippen molar-refractivity contribution >= 4 is 0 Å². The molecule has 0 heterocycles. The summed E-state index contributed by atoms with van der Waals surface area (Å²) in [5, 5.41) is 33.0. The summed E-state index contributed by atoms with van der Waals surface area (Å²) in [6.07, 6.45) is 0. The van der Waals surface area contributed by atoms with Crippen LogP contribution in [0.3, 0.4) is 0 Å². The Kier molecular flexibility index (Phi) is 6.89. The summed E-state index contributed by atoms with van der Waals surface area (Å²) >= 11 is 0. The molecular formula is C29H44O4. The molecule has 2 rings (SSSR count). The first-order chi connectivity index (χ1) is 14.7. The highest BCUT2D eigenvalue weighted by molar-refractivity contribution is 5.57. The van der Waals surface area contributed by atoms with Crippen molar-refractivity contribution in [3.8, 4) is 23.0 Å². The molecule has 0 aliphatic heterocycles. The fourth-order valence-electron chi connectivity index (χ4n) is 4.25. The summed E-state index contributed by atoms with van der Waals surface area (Å²) in [4.78, 5) is 0. The Labute approximate surface area is 200 Å². The molecule has 0 saturated heterocycles. The van der Waals surface area contributed by atoms with Crippen LogP contribution >= 0.6 is 0 Å². The van der Waals surface area contributed by atoms with E-state index in [1.165, 1.54) is 0 Å². The van der Waals surface area contributed by atoms with Gasteiger partial charge in [0.15, 0.2) is 0 Å². The highest BCUT2D eigenvalue weighted by atomic mass is 16.5.